The fourth-order valence-corrected chi connectivity index (χ4v) is 3.50. The van der Waals surface area contributed by atoms with Gasteiger partial charge in [-0.2, -0.15) is 0 Å². The summed E-state index contributed by atoms with van der Waals surface area (Å²) >= 11 is 6.05. The van der Waals surface area contributed by atoms with Gasteiger partial charge < -0.3 is 10.1 Å². The number of nitrogens with zero attached hydrogens (tertiary/aromatic N) is 2. The maximum Gasteiger partial charge on any atom is 0.241 e. The molecule has 0 radical (unpaired) electrons. The number of benzene rings is 2. The monoisotopic (exact) mass is 387 g/mol. The summed E-state index contributed by atoms with van der Waals surface area (Å²) in [6.07, 6.45) is 0. The molecule has 2 aromatic rings. The van der Waals surface area contributed by atoms with Crippen LogP contribution in [0, 0.1) is 0 Å². The molecule has 6 heteroatoms. The lowest BCUT2D eigenvalue weighted by Crippen LogP contribution is -2.52. The molecule has 1 saturated heterocycles. The van der Waals surface area contributed by atoms with Gasteiger partial charge in [-0.1, -0.05) is 41.9 Å². The van der Waals surface area contributed by atoms with E-state index >= 15 is 0 Å². The molecule has 1 heterocycles. The minimum absolute atomic E-state index is 0.0490. The van der Waals surface area contributed by atoms with Gasteiger partial charge in [0.05, 0.1) is 18.8 Å². The summed E-state index contributed by atoms with van der Waals surface area (Å²) < 4.78 is 5.30. The van der Waals surface area contributed by atoms with Crippen LogP contribution in [0.4, 0.5) is 5.69 Å². The lowest BCUT2D eigenvalue weighted by molar-refractivity contribution is -0.121. The molecule has 0 bridgehead atoms. The topological polar surface area (TPSA) is 44.8 Å². The van der Waals surface area contributed by atoms with Crippen LogP contribution in [-0.4, -0.2) is 55.0 Å². The fourth-order valence-electron chi connectivity index (χ4n) is 3.33. The maximum absolute atomic E-state index is 12.7. The van der Waals surface area contributed by atoms with Crippen molar-refractivity contribution in [3.05, 3.63) is 59.1 Å². The number of hydrogen-bond acceptors (Lipinski definition) is 4. The first-order chi connectivity index (χ1) is 13.1. The molecule has 0 saturated carbocycles. The van der Waals surface area contributed by atoms with Crippen molar-refractivity contribution < 1.29 is 9.53 Å². The number of hydrogen-bond donors (Lipinski definition) is 1. The number of piperazine rings is 1. The van der Waals surface area contributed by atoms with E-state index in [1.54, 1.807) is 25.3 Å². The molecule has 1 aliphatic rings. The first-order valence-electron chi connectivity index (χ1n) is 9.21. The zero-order valence-corrected chi connectivity index (χ0v) is 16.6. The summed E-state index contributed by atoms with van der Waals surface area (Å²) in [5, 5.41) is 3.51. The normalized spacial score (nSPS) is 16.7. The van der Waals surface area contributed by atoms with E-state index in [2.05, 4.69) is 39.4 Å². The average Bonchev–Trinajstić information content (AvgIpc) is 2.69. The van der Waals surface area contributed by atoms with Gasteiger partial charge in [0.15, 0.2) is 0 Å². The Labute approximate surface area is 165 Å². The second-order valence-corrected chi connectivity index (χ2v) is 7.24. The van der Waals surface area contributed by atoms with Crippen LogP contribution < -0.4 is 10.1 Å². The number of carbonyl (C=O) groups excluding carboxylic acids is 1. The van der Waals surface area contributed by atoms with Crippen LogP contribution in [0.15, 0.2) is 48.5 Å². The summed E-state index contributed by atoms with van der Waals surface area (Å²) in [5.41, 5.74) is 1.93. The molecule has 0 unspecified atom stereocenters. The molecule has 144 valence electrons. The maximum atomic E-state index is 12.7. The van der Waals surface area contributed by atoms with Crippen LogP contribution in [-0.2, 0) is 11.3 Å². The van der Waals surface area contributed by atoms with E-state index in [0.717, 1.165) is 32.7 Å². The Balaban J connectivity index is 1.53. The summed E-state index contributed by atoms with van der Waals surface area (Å²) in [5.74, 6) is 0.555. The third kappa shape index (κ3) is 5.22. The third-order valence-electron chi connectivity index (χ3n) is 5.00. The Hall–Kier alpha value is -2.08. The van der Waals surface area contributed by atoms with Crippen molar-refractivity contribution in [3.8, 4) is 5.75 Å². The predicted octanol–water partition coefficient (Wildman–Crippen LogP) is 3.49. The smallest absolute Gasteiger partial charge is 0.241 e. The largest absolute Gasteiger partial charge is 0.495 e. The highest BCUT2D eigenvalue weighted by atomic mass is 35.5. The number of halogens is 1. The zero-order valence-electron chi connectivity index (χ0n) is 15.8. The molecule has 0 spiro atoms. The highest BCUT2D eigenvalue weighted by Crippen LogP contribution is 2.28. The van der Waals surface area contributed by atoms with Gasteiger partial charge in [-0.25, -0.2) is 0 Å². The Bertz CT molecular complexity index is 761. The Morgan fingerprint density at radius 1 is 1.15 bits per heavy atom. The van der Waals surface area contributed by atoms with Crippen LogP contribution in [0.1, 0.15) is 12.5 Å². The number of methoxy groups -OCH3 is 1. The standard InChI is InChI=1S/C21H26ClN3O2/c1-16(21(26)23-19-14-18(22)8-9-20(19)27-2)25-12-10-24(11-13-25)15-17-6-4-3-5-7-17/h3-9,14,16H,10-13,15H2,1-2H3,(H,23,26)/t16-/m1/s1. The van der Waals surface area contributed by atoms with Crippen molar-refractivity contribution in [2.75, 3.05) is 38.6 Å². The molecular formula is C21H26ClN3O2. The van der Waals surface area contributed by atoms with Crippen LogP contribution in [0.25, 0.3) is 0 Å². The highest BCUT2D eigenvalue weighted by molar-refractivity contribution is 6.31. The van der Waals surface area contributed by atoms with Crippen molar-refractivity contribution in [1.29, 1.82) is 0 Å². The van der Waals surface area contributed by atoms with Gasteiger partial charge in [-0.15, -0.1) is 0 Å². The molecule has 1 fully saturated rings. The van der Waals surface area contributed by atoms with E-state index < -0.39 is 0 Å². The quantitative estimate of drug-likeness (QED) is 0.824. The fraction of sp³-hybridized carbons (Fsp3) is 0.381. The van der Waals surface area contributed by atoms with E-state index in [4.69, 9.17) is 16.3 Å². The van der Waals surface area contributed by atoms with E-state index in [9.17, 15) is 4.79 Å². The van der Waals surface area contributed by atoms with E-state index in [-0.39, 0.29) is 11.9 Å². The molecule has 27 heavy (non-hydrogen) atoms. The first kappa shape index (κ1) is 19.7. The summed E-state index contributed by atoms with van der Waals surface area (Å²) in [6, 6.07) is 15.5. The van der Waals surface area contributed by atoms with Crippen LogP contribution >= 0.6 is 11.6 Å². The molecule has 3 rings (SSSR count). The molecule has 0 aromatic heterocycles. The van der Waals surface area contributed by atoms with Gasteiger partial charge in [0.1, 0.15) is 5.75 Å². The Morgan fingerprint density at radius 3 is 2.52 bits per heavy atom. The number of rotatable bonds is 6. The average molecular weight is 388 g/mol. The van der Waals surface area contributed by atoms with Gasteiger partial charge in [0.2, 0.25) is 5.91 Å². The molecule has 5 nitrogen and oxygen atoms in total. The van der Waals surface area contributed by atoms with E-state index in [1.165, 1.54) is 5.56 Å². The second kappa shape index (κ2) is 9.22. The van der Waals surface area contributed by atoms with Gasteiger partial charge in [0, 0.05) is 37.7 Å². The number of ether oxygens (including phenoxy) is 1. The zero-order chi connectivity index (χ0) is 19.2. The van der Waals surface area contributed by atoms with Crippen molar-refractivity contribution in [2.24, 2.45) is 0 Å². The van der Waals surface area contributed by atoms with E-state index in [0.29, 0.717) is 16.5 Å². The number of nitrogens with one attached hydrogen (secondary N) is 1. The van der Waals surface area contributed by atoms with E-state index in [1.807, 2.05) is 13.0 Å². The highest BCUT2D eigenvalue weighted by Gasteiger charge is 2.26. The summed E-state index contributed by atoms with van der Waals surface area (Å²) in [6.45, 7) is 6.54. The minimum Gasteiger partial charge on any atom is -0.495 e. The SMILES string of the molecule is COc1ccc(Cl)cc1NC(=O)[C@@H](C)N1CCN(Cc2ccccc2)CC1. The van der Waals surface area contributed by atoms with Crippen LogP contribution in [0.3, 0.4) is 0 Å². The lowest BCUT2D eigenvalue weighted by Gasteiger charge is -2.37. The van der Waals surface area contributed by atoms with Crippen LogP contribution in [0.2, 0.25) is 5.02 Å². The molecule has 1 N–H and O–H groups in total. The second-order valence-electron chi connectivity index (χ2n) is 6.81. The third-order valence-corrected chi connectivity index (χ3v) is 5.24. The summed E-state index contributed by atoms with van der Waals surface area (Å²) in [4.78, 5) is 17.3. The summed E-state index contributed by atoms with van der Waals surface area (Å²) in [7, 11) is 1.58. The molecule has 1 amide bonds. The first-order valence-corrected chi connectivity index (χ1v) is 9.59. The number of amides is 1. The molecule has 1 atom stereocenters. The molecule has 1 aliphatic heterocycles. The van der Waals surface area contributed by atoms with Gasteiger partial charge in [-0.05, 0) is 30.7 Å². The predicted molar refractivity (Wildman–Crippen MR) is 109 cm³/mol. The van der Waals surface area contributed by atoms with Crippen molar-refractivity contribution in [2.45, 2.75) is 19.5 Å². The van der Waals surface area contributed by atoms with Crippen molar-refractivity contribution >= 4 is 23.2 Å². The number of anilines is 1. The van der Waals surface area contributed by atoms with Crippen molar-refractivity contribution in [3.63, 3.8) is 0 Å². The van der Waals surface area contributed by atoms with Crippen LogP contribution in [0.5, 0.6) is 5.75 Å². The molecule has 2 aromatic carbocycles. The lowest BCUT2D eigenvalue weighted by atomic mass is 10.1. The van der Waals surface area contributed by atoms with Crippen molar-refractivity contribution in [1.82, 2.24) is 9.80 Å². The van der Waals surface area contributed by atoms with Gasteiger partial charge >= 0.3 is 0 Å². The number of carbonyl (C=O) groups is 1. The van der Waals surface area contributed by atoms with Gasteiger partial charge in [-0.3, -0.25) is 14.6 Å². The van der Waals surface area contributed by atoms with Gasteiger partial charge in [0.25, 0.3) is 0 Å². The molecule has 0 aliphatic carbocycles. The Morgan fingerprint density at radius 2 is 1.85 bits per heavy atom. The minimum atomic E-state index is -0.215. The molecular weight excluding hydrogens is 362 g/mol. The Kier molecular flexibility index (Phi) is 6.72.